The van der Waals surface area contributed by atoms with Gasteiger partial charge in [-0.3, -0.25) is 9.59 Å². The van der Waals surface area contributed by atoms with Crippen LogP contribution in [0.4, 0.5) is 0 Å². The van der Waals surface area contributed by atoms with E-state index in [1.807, 2.05) is 19.1 Å². The fraction of sp³-hybridized carbons (Fsp3) is 0.273. The van der Waals surface area contributed by atoms with E-state index in [0.29, 0.717) is 16.3 Å². The molecule has 0 bridgehead atoms. The van der Waals surface area contributed by atoms with E-state index in [1.54, 1.807) is 36.7 Å². The molecule has 0 radical (unpaired) electrons. The highest BCUT2D eigenvalue weighted by Gasteiger charge is 2.29. The molecule has 2 atom stereocenters. The average Bonchev–Trinajstić information content (AvgIpc) is 3.04. The Morgan fingerprint density at radius 2 is 1.71 bits per heavy atom. The molecule has 0 aliphatic rings. The minimum atomic E-state index is -3.98. The fourth-order valence-electron chi connectivity index (χ4n) is 3.37. The van der Waals surface area contributed by atoms with Crippen LogP contribution >= 0.6 is 11.6 Å². The van der Waals surface area contributed by atoms with Crippen LogP contribution in [-0.2, 0) is 21.7 Å². The molecule has 164 valence electrons. The van der Waals surface area contributed by atoms with Gasteiger partial charge in [0.1, 0.15) is 5.69 Å². The van der Waals surface area contributed by atoms with Crippen molar-refractivity contribution in [2.45, 2.75) is 37.0 Å². The summed E-state index contributed by atoms with van der Waals surface area (Å²) in [5.74, 6) is -1.70. The number of aliphatic carboxylic acids is 1. The van der Waals surface area contributed by atoms with E-state index >= 15 is 0 Å². The van der Waals surface area contributed by atoms with E-state index in [9.17, 15) is 18.0 Å². The number of nitrogens with one attached hydrogen (secondary N) is 1. The quantitative estimate of drug-likeness (QED) is 0.578. The number of fused-ring (bicyclic) bond motifs is 1. The van der Waals surface area contributed by atoms with Gasteiger partial charge in [-0.15, -0.1) is 0 Å². The van der Waals surface area contributed by atoms with Gasteiger partial charge in [0.2, 0.25) is 0 Å². The van der Waals surface area contributed by atoms with Crippen LogP contribution in [0.15, 0.2) is 47.4 Å². The third-order valence-corrected chi connectivity index (χ3v) is 7.73. The number of sulfone groups is 1. The Kier molecular flexibility index (Phi) is 6.16. The van der Waals surface area contributed by atoms with Gasteiger partial charge in [0.25, 0.3) is 5.91 Å². The Labute approximate surface area is 185 Å². The van der Waals surface area contributed by atoms with Gasteiger partial charge in [-0.1, -0.05) is 23.7 Å². The molecule has 2 aromatic carbocycles. The zero-order valence-corrected chi connectivity index (χ0v) is 19.1. The fourth-order valence-corrected chi connectivity index (χ4v) is 4.89. The standard InChI is InChI=1S/C22H23ClN2O5S/c1-12-9-18(23)17-11-20(25(4)19(17)10-12)21(26)24-13(2)15-5-7-16(8-6-15)31(29,30)14(3)22(27)28/h5-11,13-14H,1-4H3,(H,24,26)(H,27,28). The molecular weight excluding hydrogens is 440 g/mol. The Hall–Kier alpha value is -2.84. The number of benzene rings is 2. The normalized spacial score (nSPS) is 13.7. The van der Waals surface area contributed by atoms with Gasteiger partial charge in [-0.05, 0) is 62.2 Å². The summed E-state index contributed by atoms with van der Waals surface area (Å²) in [6, 6.07) is 11.0. The summed E-state index contributed by atoms with van der Waals surface area (Å²) in [5, 5.41) is 11.7. The minimum Gasteiger partial charge on any atom is -0.480 e. The van der Waals surface area contributed by atoms with Crippen LogP contribution in [0, 0.1) is 6.92 Å². The molecule has 31 heavy (non-hydrogen) atoms. The zero-order chi connectivity index (χ0) is 23.1. The lowest BCUT2D eigenvalue weighted by atomic mass is 10.1. The molecule has 0 saturated heterocycles. The summed E-state index contributed by atoms with van der Waals surface area (Å²) < 4.78 is 26.4. The van der Waals surface area contributed by atoms with E-state index in [1.165, 1.54) is 12.1 Å². The first-order valence-electron chi connectivity index (χ1n) is 9.56. The Bertz CT molecular complexity index is 1280. The van der Waals surface area contributed by atoms with Crippen LogP contribution in [0.2, 0.25) is 5.02 Å². The molecule has 7 nitrogen and oxygen atoms in total. The molecule has 1 aromatic heterocycles. The van der Waals surface area contributed by atoms with Crippen molar-refractivity contribution in [2.24, 2.45) is 7.05 Å². The van der Waals surface area contributed by atoms with Crippen molar-refractivity contribution < 1.29 is 23.1 Å². The molecule has 9 heteroatoms. The highest BCUT2D eigenvalue weighted by Crippen LogP contribution is 2.28. The average molecular weight is 463 g/mol. The van der Waals surface area contributed by atoms with Crippen LogP contribution in [-0.4, -0.2) is 35.2 Å². The molecule has 0 spiro atoms. The maximum Gasteiger partial charge on any atom is 0.321 e. The molecule has 3 rings (SSSR count). The molecule has 0 aliphatic carbocycles. The van der Waals surface area contributed by atoms with Crippen molar-refractivity contribution in [1.82, 2.24) is 9.88 Å². The van der Waals surface area contributed by atoms with Gasteiger partial charge < -0.3 is 15.0 Å². The number of carbonyl (C=O) groups excluding carboxylic acids is 1. The largest absolute Gasteiger partial charge is 0.480 e. The number of nitrogens with zero attached hydrogens (tertiary/aromatic N) is 1. The number of aryl methyl sites for hydroxylation is 2. The van der Waals surface area contributed by atoms with Gasteiger partial charge in [-0.25, -0.2) is 8.42 Å². The van der Waals surface area contributed by atoms with Crippen molar-refractivity contribution in [3.63, 3.8) is 0 Å². The van der Waals surface area contributed by atoms with Crippen LogP contribution in [0.5, 0.6) is 0 Å². The summed E-state index contributed by atoms with van der Waals surface area (Å²) in [7, 11) is -2.18. The third kappa shape index (κ3) is 4.31. The number of rotatable bonds is 6. The molecule has 1 heterocycles. The third-order valence-electron chi connectivity index (χ3n) is 5.36. The van der Waals surface area contributed by atoms with Crippen LogP contribution in [0.3, 0.4) is 0 Å². The molecule has 2 N–H and O–H groups in total. The summed E-state index contributed by atoms with van der Waals surface area (Å²) in [5.41, 5.74) is 2.97. The molecular formula is C22H23ClN2O5S. The number of carboxylic acid groups (broad SMARTS) is 1. The van der Waals surface area contributed by atoms with Crippen molar-refractivity contribution in [3.8, 4) is 0 Å². The van der Waals surface area contributed by atoms with Crippen LogP contribution in [0.25, 0.3) is 10.9 Å². The summed E-state index contributed by atoms with van der Waals surface area (Å²) in [4.78, 5) is 23.8. The Morgan fingerprint density at radius 3 is 2.29 bits per heavy atom. The van der Waals surface area contributed by atoms with E-state index in [-0.39, 0.29) is 10.8 Å². The van der Waals surface area contributed by atoms with Crippen LogP contribution < -0.4 is 5.32 Å². The predicted octanol–water partition coefficient (Wildman–Crippen LogP) is 3.88. The van der Waals surface area contributed by atoms with Gasteiger partial charge in [-0.2, -0.15) is 0 Å². The predicted molar refractivity (Wildman–Crippen MR) is 119 cm³/mol. The monoisotopic (exact) mass is 462 g/mol. The number of hydrogen-bond acceptors (Lipinski definition) is 4. The van der Waals surface area contributed by atoms with Gasteiger partial charge in [0.15, 0.2) is 15.1 Å². The molecule has 2 unspecified atom stereocenters. The topological polar surface area (TPSA) is 105 Å². The second kappa shape index (κ2) is 8.36. The summed E-state index contributed by atoms with van der Waals surface area (Å²) >= 11 is 6.32. The van der Waals surface area contributed by atoms with E-state index in [4.69, 9.17) is 16.7 Å². The number of halogens is 1. The molecule has 0 saturated carbocycles. The number of carboxylic acids is 1. The van der Waals surface area contributed by atoms with Gasteiger partial charge in [0, 0.05) is 12.4 Å². The van der Waals surface area contributed by atoms with Crippen molar-refractivity contribution in [2.75, 3.05) is 0 Å². The summed E-state index contributed by atoms with van der Waals surface area (Å²) in [6.45, 7) is 4.84. The van der Waals surface area contributed by atoms with E-state index in [2.05, 4.69) is 5.32 Å². The lowest BCUT2D eigenvalue weighted by molar-refractivity contribution is -0.136. The lowest BCUT2D eigenvalue weighted by Gasteiger charge is -2.16. The molecule has 3 aromatic rings. The SMILES string of the molecule is Cc1cc(Cl)c2cc(C(=O)NC(C)c3ccc(S(=O)(=O)C(C)C(=O)O)cc3)n(C)c2c1. The van der Waals surface area contributed by atoms with Crippen molar-refractivity contribution in [3.05, 3.63) is 64.3 Å². The van der Waals surface area contributed by atoms with Crippen molar-refractivity contribution in [1.29, 1.82) is 0 Å². The lowest BCUT2D eigenvalue weighted by Crippen LogP contribution is -2.28. The minimum absolute atomic E-state index is 0.0802. The smallest absolute Gasteiger partial charge is 0.321 e. The maximum absolute atomic E-state index is 12.9. The second-order valence-corrected chi connectivity index (χ2v) is 10.2. The maximum atomic E-state index is 12.9. The first kappa shape index (κ1) is 22.8. The highest BCUT2D eigenvalue weighted by atomic mass is 35.5. The number of aromatic nitrogens is 1. The number of carbonyl (C=O) groups is 2. The Balaban J connectivity index is 1.82. The first-order valence-corrected chi connectivity index (χ1v) is 11.5. The zero-order valence-electron chi connectivity index (χ0n) is 17.5. The Morgan fingerprint density at radius 1 is 1.10 bits per heavy atom. The second-order valence-electron chi connectivity index (χ2n) is 7.56. The van der Waals surface area contributed by atoms with Gasteiger partial charge >= 0.3 is 5.97 Å². The molecule has 1 amide bonds. The number of hydrogen-bond donors (Lipinski definition) is 2. The summed E-state index contributed by atoms with van der Waals surface area (Å²) in [6.07, 6.45) is 0. The van der Waals surface area contributed by atoms with E-state index < -0.39 is 27.1 Å². The van der Waals surface area contributed by atoms with Crippen LogP contribution in [0.1, 0.15) is 41.5 Å². The van der Waals surface area contributed by atoms with Crippen molar-refractivity contribution >= 4 is 44.2 Å². The first-order chi connectivity index (χ1) is 14.4. The highest BCUT2D eigenvalue weighted by molar-refractivity contribution is 7.92. The molecule has 0 aliphatic heterocycles. The van der Waals surface area contributed by atoms with E-state index in [0.717, 1.165) is 23.4 Å². The molecule has 0 fully saturated rings. The van der Waals surface area contributed by atoms with Gasteiger partial charge in [0.05, 0.1) is 21.5 Å². The number of amides is 1.